The third-order valence-electron chi connectivity index (χ3n) is 5.48. The zero-order chi connectivity index (χ0) is 23.4. The predicted molar refractivity (Wildman–Crippen MR) is 114 cm³/mol. The van der Waals surface area contributed by atoms with Crippen LogP contribution in [0.2, 0.25) is 0 Å². The van der Waals surface area contributed by atoms with Crippen LogP contribution in [-0.2, 0) is 32.2 Å². The topological polar surface area (TPSA) is 147 Å². The number of para-hydroxylation sites is 1. The molecular formula is C18H18F2N5O6PS. The summed E-state index contributed by atoms with van der Waals surface area (Å²) in [6.07, 6.45) is -4.95. The number of H-pyrrole nitrogens is 1. The molecule has 0 radical (unpaired) electrons. The number of aromatic amines is 1. The van der Waals surface area contributed by atoms with E-state index in [0.29, 0.717) is 5.75 Å². The lowest BCUT2D eigenvalue weighted by molar-refractivity contribution is -0.192. The van der Waals surface area contributed by atoms with Gasteiger partial charge in [-0.15, -0.1) is 0 Å². The number of halogens is 2. The van der Waals surface area contributed by atoms with Crippen molar-refractivity contribution in [2.75, 3.05) is 12.3 Å². The fraction of sp³-hybridized carbons (Fsp3) is 0.389. The van der Waals surface area contributed by atoms with Gasteiger partial charge in [-0.3, -0.25) is 23.4 Å². The highest BCUT2D eigenvalue weighted by atomic mass is 32.5. The van der Waals surface area contributed by atoms with Crippen LogP contribution in [-0.4, -0.2) is 49.4 Å². The minimum Gasteiger partial charge on any atom is -0.424 e. The molecule has 1 fully saturated rings. The van der Waals surface area contributed by atoms with E-state index in [4.69, 9.17) is 35.8 Å². The van der Waals surface area contributed by atoms with Crippen LogP contribution in [0.15, 0.2) is 35.4 Å². The molecule has 15 heteroatoms. The molecule has 2 aliphatic rings. The number of alkyl halides is 2. The van der Waals surface area contributed by atoms with Gasteiger partial charge < -0.3 is 20.1 Å². The zero-order valence-corrected chi connectivity index (χ0v) is 18.5. The molecule has 33 heavy (non-hydrogen) atoms. The summed E-state index contributed by atoms with van der Waals surface area (Å²) >= 11 is 5.33. The van der Waals surface area contributed by atoms with E-state index in [9.17, 15) is 18.7 Å². The minimum absolute atomic E-state index is 0.0298. The Morgan fingerprint density at radius 2 is 2.24 bits per heavy atom. The molecule has 0 amide bonds. The summed E-state index contributed by atoms with van der Waals surface area (Å²) in [5.74, 6) is 0.267. The Balaban J connectivity index is 1.40. The predicted octanol–water partition coefficient (Wildman–Crippen LogP) is 1.84. The van der Waals surface area contributed by atoms with Crippen molar-refractivity contribution in [2.45, 2.75) is 37.4 Å². The number of aliphatic hydroxyl groups excluding tert-OH is 1. The molecule has 176 valence electrons. The van der Waals surface area contributed by atoms with Crippen LogP contribution in [0.3, 0.4) is 0 Å². The van der Waals surface area contributed by atoms with Gasteiger partial charge >= 0.3 is 6.72 Å². The lowest BCUT2D eigenvalue weighted by Crippen LogP contribution is -2.50. The van der Waals surface area contributed by atoms with Crippen LogP contribution < -0.4 is 15.8 Å². The Bertz CT molecular complexity index is 1320. The van der Waals surface area contributed by atoms with Gasteiger partial charge in [0.25, 0.3) is 12.0 Å². The number of nitrogen functional groups attached to an aromatic ring is 1. The van der Waals surface area contributed by atoms with Gasteiger partial charge in [-0.25, -0.2) is 13.8 Å². The van der Waals surface area contributed by atoms with Crippen LogP contribution in [0.1, 0.15) is 18.2 Å². The van der Waals surface area contributed by atoms with E-state index in [1.807, 2.05) is 0 Å². The smallest absolute Gasteiger partial charge is 0.381 e. The molecule has 2 aliphatic heterocycles. The van der Waals surface area contributed by atoms with Crippen LogP contribution in [0.5, 0.6) is 5.75 Å². The SMILES string of the molecule is Nc1nc2c(ncn2[C@H]2C[C@@H](O)[C@](COP3(=S)OCc4ccccc4O3)(C(F)F)O2)c(=O)[nH]1. The molecule has 4 heterocycles. The number of nitrogens with one attached hydrogen (secondary N) is 1. The number of aliphatic hydroxyl groups is 1. The van der Waals surface area contributed by atoms with Gasteiger partial charge in [0.2, 0.25) is 5.95 Å². The maximum Gasteiger partial charge on any atom is 0.381 e. The largest absolute Gasteiger partial charge is 0.424 e. The number of anilines is 1. The normalized spacial score (nSPS) is 29.3. The highest BCUT2D eigenvalue weighted by molar-refractivity contribution is 8.07. The van der Waals surface area contributed by atoms with Crippen molar-refractivity contribution >= 4 is 35.6 Å². The number of hydrogen-bond donors (Lipinski definition) is 3. The second-order valence-corrected chi connectivity index (χ2v) is 10.5. The maximum atomic E-state index is 14.2. The van der Waals surface area contributed by atoms with E-state index < -0.39 is 43.2 Å². The summed E-state index contributed by atoms with van der Waals surface area (Å²) in [6.45, 7) is -4.11. The first kappa shape index (κ1) is 22.3. The first-order chi connectivity index (χ1) is 15.7. The van der Waals surface area contributed by atoms with Crippen LogP contribution >= 0.6 is 6.72 Å². The van der Waals surface area contributed by atoms with E-state index in [0.717, 1.165) is 5.56 Å². The molecule has 0 saturated carbocycles. The standard InChI is InChI=1S/C18H18F2N5O6PS/c19-16(20)18(7-29-32(33)28-6-9-3-1-2-4-10(9)31-32)11(26)5-12(30-18)25-8-22-13-14(25)23-17(21)24-15(13)27/h1-4,8,11-12,16,26H,5-7H2,(H3,21,23,24,27)/t11-,12-,18-,32?/m1/s1. The van der Waals surface area contributed by atoms with Gasteiger partial charge in [0.1, 0.15) is 12.0 Å². The average Bonchev–Trinajstić information content (AvgIpc) is 3.34. The molecule has 11 nitrogen and oxygen atoms in total. The molecule has 0 spiro atoms. The number of nitrogens with zero attached hydrogens (tertiary/aromatic N) is 3. The molecular weight excluding hydrogens is 483 g/mol. The highest BCUT2D eigenvalue weighted by Crippen LogP contribution is 2.56. The molecule has 5 rings (SSSR count). The second-order valence-electron chi connectivity index (χ2n) is 7.55. The number of benzene rings is 1. The average molecular weight is 501 g/mol. The molecule has 1 unspecified atom stereocenters. The number of imidazole rings is 1. The maximum absolute atomic E-state index is 14.2. The molecule has 3 aromatic rings. The Labute approximate surface area is 189 Å². The summed E-state index contributed by atoms with van der Waals surface area (Å²) in [4.78, 5) is 22.3. The van der Waals surface area contributed by atoms with E-state index in [2.05, 4.69) is 15.0 Å². The Kier molecular flexibility index (Phi) is 5.46. The number of rotatable bonds is 5. The van der Waals surface area contributed by atoms with Gasteiger partial charge in [0.05, 0.1) is 25.6 Å². The Morgan fingerprint density at radius 3 is 3.03 bits per heavy atom. The number of fused-ring (bicyclic) bond motifs is 2. The van der Waals surface area contributed by atoms with Crippen molar-refractivity contribution in [1.82, 2.24) is 19.5 Å². The first-order valence-corrected chi connectivity index (χ1v) is 12.3. The quantitative estimate of drug-likeness (QED) is 0.443. The van der Waals surface area contributed by atoms with Crippen LogP contribution in [0.4, 0.5) is 14.7 Å². The van der Waals surface area contributed by atoms with E-state index >= 15 is 0 Å². The summed E-state index contributed by atoms with van der Waals surface area (Å²) in [7, 11) is 0. The van der Waals surface area contributed by atoms with Crippen LogP contribution in [0, 0.1) is 0 Å². The van der Waals surface area contributed by atoms with Gasteiger partial charge in [0.15, 0.2) is 16.8 Å². The zero-order valence-electron chi connectivity index (χ0n) is 16.8. The van der Waals surface area contributed by atoms with Gasteiger partial charge in [-0.1, -0.05) is 18.2 Å². The van der Waals surface area contributed by atoms with Gasteiger partial charge in [-0.2, -0.15) is 4.98 Å². The second kappa shape index (κ2) is 8.08. The molecule has 0 aliphatic carbocycles. The Morgan fingerprint density at radius 1 is 1.45 bits per heavy atom. The van der Waals surface area contributed by atoms with E-state index in [1.165, 1.54) is 10.9 Å². The van der Waals surface area contributed by atoms with Crippen molar-refractivity contribution in [1.29, 1.82) is 0 Å². The van der Waals surface area contributed by atoms with Crippen molar-refractivity contribution in [3.63, 3.8) is 0 Å². The highest BCUT2D eigenvalue weighted by Gasteiger charge is 2.57. The lowest BCUT2D eigenvalue weighted by atomic mass is 9.98. The summed E-state index contributed by atoms with van der Waals surface area (Å²) in [5.41, 5.74) is 3.29. The summed E-state index contributed by atoms with van der Waals surface area (Å²) < 4.78 is 52.1. The van der Waals surface area contributed by atoms with E-state index in [-0.39, 0.29) is 30.1 Å². The molecule has 1 saturated heterocycles. The fourth-order valence-electron chi connectivity index (χ4n) is 3.74. The third-order valence-corrected chi connectivity index (χ3v) is 7.65. The molecule has 4 atom stereocenters. The molecule has 4 N–H and O–H groups in total. The fourth-order valence-corrected chi connectivity index (χ4v) is 5.55. The Hall–Kier alpha value is -2.48. The summed E-state index contributed by atoms with van der Waals surface area (Å²) in [6, 6.07) is 6.99. The molecule has 0 bridgehead atoms. The number of aromatic nitrogens is 4. The number of nitrogens with two attached hydrogens (primary N) is 1. The number of hydrogen-bond acceptors (Lipinski definition) is 10. The van der Waals surface area contributed by atoms with Crippen molar-refractivity contribution in [2.24, 2.45) is 0 Å². The summed E-state index contributed by atoms with van der Waals surface area (Å²) in [5, 5.41) is 10.6. The third kappa shape index (κ3) is 3.82. The minimum atomic E-state index is -3.42. The van der Waals surface area contributed by atoms with Gasteiger partial charge in [-0.05, 0) is 6.07 Å². The monoisotopic (exact) mass is 501 g/mol. The van der Waals surface area contributed by atoms with Crippen molar-refractivity contribution in [3.05, 3.63) is 46.5 Å². The van der Waals surface area contributed by atoms with E-state index in [1.54, 1.807) is 24.3 Å². The molecule has 2 aromatic heterocycles. The van der Waals surface area contributed by atoms with Crippen molar-refractivity contribution < 1.29 is 32.2 Å². The van der Waals surface area contributed by atoms with Gasteiger partial charge in [0, 0.05) is 23.8 Å². The molecule has 1 aromatic carbocycles. The number of ether oxygens (including phenoxy) is 1. The first-order valence-electron chi connectivity index (χ1n) is 9.74. The van der Waals surface area contributed by atoms with Crippen molar-refractivity contribution in [3.8, 4) is 5.75 Å². The lowest BCUT2D eigenvalue weighted by Gasteiger charge is -2.34. The van der Waals surface area contributed by atoms with Crippen LogP contribution in [0.25, 0.3) is 11.2 Å².